The van der Waals surface area contributed by atoms with Gasteiger partial charge in [-0.2, -0.15) is 0 Å². The van der Waals surface area contributed by atoms with Gasteiger partial charge in [0.25, 0.3) is 5.56 Å². The fourth-order valence-corrected chi connectivity index (χ4v) is 1.77. The minimum absolute atomic E-state index is 0.196. The van der Waals surface area contributed by atoms with E-state index in [1.807, 2.05) is 13.0 Å². The third-order valence-electron chi connectivity index (χ3n) is 2.75. The van der Waals surface area contributed by atoms with Crippen molar-refractivity contribution in [1.29, 1.82) is 0 Å². The molecule has 0 saturated heterocycles. The smallest absolute Gasteiger partial charge is 0.341 e. The summed E-state index contributed by atoms with van der Waals surface area (Å²) in [5, 5.41) is 9.04. The third-order valence-corrected chi connectivity index (χ3v) is 2.75. The minimum Gasteiger partial charge on any atom is -0.477 e. The molecule has 4 nitrogen and oxygen atoms in total. The second-order valence-electron chi connectivity index (χ2n) is 3.93. The number of carboxylic acid groups (broad SMARTS) is 1. The van der Waals surface area contributed by atoms with Crippen LogP contribution in [0.15, 0.2) is 47.4 Å². The van der Waals surface area contributed by atoms with E-state index in [1.165, 1.54) is 10.6 Å². The van der Waals surface area contributed by atoms with Gasteiger partial charge in [0.2, 0.25) is 0 Å². The van der Waals surface area contributed by atoms with E-state index in [9.17, 15) is 9.59 Å². The number of rotatable bonds is 3. The van der Waals surface area contributed by atoms with Crippen molar-refractivity contribution in [3.05, 3.63) is 64.1 Å². The number of hydrogen-bond donors (Lipinski definition) is 1. The Kier molecular flexibility index (Phi) is 3.28. The first-order valence-corrected chi connectivity index (χ1v) is 5.67. The zero-order valence-corrected chi connectivity index (χ0v) is 9.96. The maximum Gasteiger partial charge on any atom is 0.341 e. The summed E-state index contributed by atoms with van der Waals surface area (Å²) in [6, 6.07) is 10.4. The maximum atomic E-state index is 12.1. The van der Waals surface area contributed by atoms with E-state index in [4.69, 9.17) is 5.11 Å². The van der Waals surface area contributed by atoms with Crippen molar-refractivity contribution < 1.29 is 9.90 Å². The highest BCUT2D eigenvalue weighted by molar-refractivity contribution is 5.87. The van der Waals surface area contributed by atoms with Gasteiger partial charge in [-0.1, -0.05) is 25.1 Å². The number of aromatic nitrogens is 1. The van der Waals surface area contributed by atoms with Crippen molar-refractivity contribution in [2.75, 3.05) is 0 Å². The van der Waals surface area contributed by atoms with Gasteiger partial charge in [-0.3, -0.25) is 9.36 Å². The highest BCUT2D eigenvalue weighted by Crippen LogP contribution is 2.08. The first-order chi connectivity index (χ1) is 8.63. The molecule has 0 saturated carbocycles. The van der Waals surface area contributed by atoms with Crippen LogP contribution in [0.2, 0.25) is 0 Å². The Hall–Kier alpha value is -2.36. The van der Waals surface area contributed by atoms with Crippen LogP contribution in [0.25, 0.3) is 5.69 Å². The van der Waals surface area contributed by atoms with Gasteiger partial charge in [0, 0.05) is 11.9 Å². The number of pyridine rings is 1. The Morgan fingerprint density at radius 2 is 1.94 bits per heavy atom. The lowest BCUT2D eigenvalue weighted by atomic mass is 10.1. The molecule has 1 N–H and O–H groups in total. The molecule has 0 amide bonds. The first-order valence-electron chi connectivity index (χ1n) is 5.67. The van der Waals surface area contributed by atoms with Crippen LogP contribution in [0, 0.1) is 0 Å². The van der Waals surface area contributed by atoms with Gasteiger partial charge in [0.05, 0.1) is 0 Å². The summed E-state index contributed by atoms with van der Waals surface area (Å²) < 4.78 is 1.38. The molecule has 0 aliphatic rings. The van der Waals surface area contributed by atoms with Gasteiger partial charge in [0.15, 0.2) is 0 Å². The molecule has 0 spiro atoms. The van der Waals surface area contributed by atoms with Crippen LogP contribution < -0.4 is 5.56 Å². The van der Waals surface area contributed by atoms with Crippen LogP contribution in [0.3, 0.4) is 0 Å². The lowest BCUT2D eigenvalue weighted by molar-refractivity contribution is 0.0694. The van der Waals surface area contributed by atoms with Gasteiger partial charge in [-0.25, -0.2) is 4.79 Å². The number of aromatic carboxylic acids is 1. The molecule has 92 valence electrons. The number of para-hydroxylation sites is 1. The molecule has 2 rings (SSSR count). The van der Waals surface area contributed by atoms with Crippen LogP contribution in [-0.2, 0) is 6.42 Å². The van der Waals surface area contributed by atoms with Crippen molar-refractivity contribution in [3.63, 3.8) is 0 Å². The van der Waals surface area contributed by atoms with Crippen LogP contribution in [0.4, 0.5) is 0 Å². The van der Waals surface area contributed by atoms with Crippen molar-refractivity contribution in [2.45, 2.75) is 13.3 Å². The summed E-state index contributed by atoms with van der Waals surface area (Å²) in [5.41, 5.74) is 0.778. The van der Waals surface area contributed by atoms with Gasteiger partial charge in [-0.15, -0.1) is 0 Å². The molecule has 2 aromatic rings. The summed E-state index contributed by atoms with van der Waals surface area (Å²) >= 11 is 0. The Morgan fingerprint density at radius 1 is 1.28 bits per heavy atom. The standard InChI is InChI=1S/C14H13NO3/c1-2-10-8-12(14(17)18)13(16)15(9-10)11-6-4-3-5-7-11/h3-9H,2H2,1H3,(H,17,18). The van der Waals surface area contributed by atoms with Crippen molar-refractivity contribution in [1.82, 2.24) is 4.57 Å². The highest BCUT2D eigenvalue weighted by atomic mass is 16.4. The van der Waals surface area contributed by atoms with Crippen molar-refractivity contribution in [3.8, 4) is 5.69 Å². The van der Waals surface area contributed by atoms with Crippen molar-refractivity contribution >= 4 is 5.97 Å². The predicted octanol–water partition coefficient (Wildman–Crippen LogP) is 2.10. The fourth-order valence-electron chi connectivity index (χ4n) is 1.77. The molecular formula is C14H13NO3. The molecule has 0 aliphatic heterocycles. The Morgan fingerprint density at radius 3 is 2.50 bits per heavy atom. The lowest BCUT2D eigenvalue weighted by Gasteiger charge is -2.09. The van der Waals surface area contributed by atoms with E-state index in [0.29, 0.717) is 12.1 Å². The average Bonchev–Trinajstić information content (AvgIpc) is 2.39. The largest absolute Gasteiger partial charge is 0.477 e. The molecule has 0 unspecified atom stereocenters. The normalized spacial score (nSPS) is 10.3. The predicted molar refractivity (Wildman–Crippen MR) is 68.4 cm³/mol. The molecule has 18 heavy (non-hydrogen) atoms. The summed E-state index contributed by atoms with van der Waals surface area (Å²) in [5.74, 6) is -1.19. The second-order valence-corrected chi connectivity index (χ2v) is 3.93. The first kappa shape index (κ1) is 12.1. The zero-order chi connectivity index (χ0) is 13.1. The van der Waals surface area contributed by atoms with Crippen molar-refractivity contribution in [2.24, 2.45) is 0 Å². The number of hydrogen-bond acceptors (Lipinski definition) is 2. The van der Waals surface area contributed by atoms with E-state index >= 15 is 0 Å². The van der Waals surface area contributed by atoms with Crippen LogP contribution >= 0.6 is 0 Å². The maximum absolute atomic E-state index is 12.1. The summed E-state index contributed by atoms with van der Waals surface area (Å²) in [7, 11) is 0. The number of benzene rings is 1. The fraction of sp³-hybridized carbons (Fsp3) is 0.143. The average molecular weight is 243 g/mol. The third kappa shape index (κ3) is 2.18. The van der Waals surface area contributed by atoms with E-state index in [2.05, 4.69) is 0 Å². The topological polar surface area (TPSA) is 59.3 Å². The summed E-state index contributed by atoms with van der Waals surface area (Å²) in [6.07, 6.45) is 2.36. The van der Waals surface area contributed by atoms with E-state index in [0.717, 1.165) is 5.56 Å². The van der Waals surface area contributed by atoms with E-state index in [-0.39, 0.29) is 5.56 Å². The lowest BCUT2D eigenvalue weighted by Crippen LogP contribution is -2.25. The molecule has 0 bridgehead atoms. The molecule has 0 atom stereocenters. The molecule has 0 radical (unpaired) electrons. The van der Waals surface area contributed by atoms with Gasteiger partial charge in [-0.05, 0) is 30.2 Å². The Balaban J connectivity index is 2.71. The molecular weight excluding hydrogens is 230 g/mol. The van der Waals surface area contributed by atoms with Gasteiger partial charge in [0.1, 0.15) is 5.56 Å². The molecule has 4 heteroatoms. The van der Waals surface area contributed by atoms with E-state index in [1.54, 1.807) is 30.5 Å². The zero-order valence-electron chi connectivity index (χ0n) is 9.96. The van der Waals surface area contributed by atoms with Crippen LogP contribution in [0.1, 0.15) is 22.8 Å². The molecule has 0 fully saturated rings. The van der Waals surface area contributed by atoms with E-state index < -0.39 is 11.5 Å². The highest BCUT2D eigenvalue weighted by Gasteiger charge is 2.13. The number of carbonyl (C=O) groups is 1. The monoisotopic (exact) mass is 243 g/mol. The summed E-state index contributed by atoms with van der Waals surface area (Å²) in [6.45, 7) is 1.92. The second kappa shape index (κ2) is 4.87. The van der Waals surface area contributed by atoms with Crippen LogP contribution in [0.5, 0.6) is 0 Å². The van der Waals surface area contributed by atoms with Gasteiger partial charge < -0.3 is 5.11 Å². The minimum atomic E-state index is -1.19. The Labute approximate surface area is 104 Å². The Bertz CT molecular complexity index is 629. The number of aryl methyl sites for hydroxylation is 1. The van der Waals surface area contributed by atoms with Gasteiger partial charge >= 0.3 is 5.97 Å². The number of nitrogens with zero attached hydrogens (tertiary/aromatic N) is 1. The quantitative estimate of drug-likeness (QED) is 0.898. The SMILES string of the molecule is CCc1cc(C(=O)O)c(=O)n(-c2ccccc2)c1. The van der Waals surface area contributed by atoms with Crippen LogP contribution in [-0.4, -0.2) is 15.6 Å². The molecule has 0 aliphatic carbocycles. The molecule has 1 heterocycles. The number of carboxylic acids is 1. The molecule has 1 aromatic carbocycles. The summed E-state index contributed by atoms with van der Waals surface area (Å²) in [4.78, 5) is 23.1. The molecule has 1 aromatic heterocycles.